The number of para-hydroxylation sites is 1. The van der Waals surface area contributed by atoms with E-state index in [1.165, 1.54) is 18.2 Å². The first-order valence-electron chi connectivity index (χ1n) is 20.0. The zero-order valence-electron chi connectivity index (χ0n) is 35.0. The van der Waals surface area contributed by atoms with Crippen LogP contribution in [-0.4, -0.2) is 99.7 Å². The van der Waals surface area contributed by atoms with Crippen LogP contribution >= 0.6 is 0 Å². The highest BCUT2D eigenvalue weighted by Crippen LogP contribution is 2.34. The van der Waals surface area contributed by atoms with Crippen LogP contribution in [-0.2, 0) is 20.8 Å². The maximum atomic E-state index is 12.5. The zero-order valence-corrected chi connectivity index (χ0v) is 35.0. The monoisotopic (exact) mass is 799 g/mol. The highest BCUT2D eigenvalue weighted by Gasteiger charge is 2.35. The molecular weight excluding hydrogens is 738 g/mol. The number of unbranched alkanes of at least 4 members (excludes halogenated alkanes) is 5. The molecule has 5 rings (SSSR count). The van der Waals surface area contributed by atoms with Crippen LogP contribution in [0.3, 0.4) is 0 Å². The van der Waals surface area contributed by atoms with Gasteiger partial charge in [0, 0.05) is 46.3 Å². The number of hydrogen-bond acceptors (Lipinski definition) is 9. The number of hydrogen-bond donors (Lipinski definition) is 4. The molecule has 4 N–H and O–H groups in total. The van der Waals surface area contributed by atoms with E-state index in [-0.39, 0.29) is 11.9 Å². The average Bonchev–Trinajstić information content (AvgIpc) is 3.81. The van der Waals surface area contributed by atoms with Crippen LogP contribution in [0.5, 0.6) is 0 Å². The Labute approximate surface area is 342 Å². The van der Waals surface area contributed by atoms with Crippen LogP contribution in [0.1, 0.15) is 79.4 Å². The molecule has 1 aliphatic carbocycles. The van der Waals surface area contributed by atoms with E-state index in [1.54, 1.807) is 29.6 Å². The van der Waals surface area contributed by atoms with E-state index in [1.807, 2.05) is 69.4 Å². The minimum atomic E-state index is -0.585. The molecule has 14 heteroatoms. The Kier molecular flexibility index (Phi) is 20.1. The number of aldehydes is 1. The zero-order chi connectivity index (χ0) is 42.5. The predicted octanol–water partition coefficient (Wildman–Crippen LogP) is 6.30. The van der Waals surface area contributed by atoms with E-state index in [0.29, 0.717) is 24.2 Å². The second-order valence-corrected chi connectivity index (χ2v) is 14.4. The fourth-order valence-corrected chi connectivity index (χ4v) is 6.61. The molecule has 2 aromatic heterocycles. The number of rotatable bonds is 22. The first-order chi connectivity index (χ1) is 28.1. The van der Waals surface area contributed by atoms with Gasteiger partial charge >= 0.3 is 0 Å². The number of halogens is 1. The molecule has 1 fully saturated rings. The van der Waals surface area contributed by atoms with E-state index in [9.17, 15) is 23.6 Å². The Morgan fingerprint density at radius 3 is 2.29 bits per heavy atom. The molecule has 2 aromatic carbocycles. The van der Waals surface area contributed by atoms with Gasteiger partial charge in [0.25, 0.3) is 0 Å². The fourth-order valence-electron chi connectivity index (χ4n) is 6.61. The number of nitrogens with zero attached hydrogens (tertiary/aromatic N) is 5. The maximum Gasteiger partial charge on any atom is 0.242 e. The van der Waals surface area contributed by atoms with Crippen molar-refractivity contribution in [2.75, 3.05) is 56.9 Å². The molecule has 4 aromatic rings. The lowest BCUT2D eigenvalue weighted by Crippen LogP contribution is -2.46. The number of imidazole rings is 1. The Balaban J connectivity index is 0.000000289. The second kappa shape index (κ2) is 24.9. The summed E-state index contributed by atoms with van der Waals surface area (Å²) in [4.78, 5) is 53.8. The van der Waals surface area contributed by atoms with Crippen molar-refractivity contribution in [1.29, 1.82) is 0 Å². The lowest BCUT2D eigenvalue weighted by molar-refractivity contribution is -0.123. The van der Waals surface area contributed by atoms with Crippen molar-refractivity contribution in [2.24, 2.45) is 0 Å². The number of aromatic nitrogens is 3. The molecule has 58 heavy (non-hydrogen) atoms. The van der Waals surface area contributed by atoms with Gasteiger partial charge < -0.3 is 31.1 Å². The highest BCUT2D eigenvalue weighted by molar-refractivity contribution is 5.95. The van der Waals surface area contributed by atoms with Crippen molar-refractivity contribution < 1.29 is 23.6 Å². The van der Waals surface area contributed by atoms with Gasteiger partial charge in [-0.25, -0.2) is 13.9 Å². The van der Waals surface area contributed by atoms with Crippen LogP contribution in [0.15, 0.2) is 67.4 Å². The molecule has 0 aliphatic heterocycles. The number of anilines is 3. The third kappa shape index (κ3) is 13.8. The van der Waals surface area contributed by atoms with Crippen molar-refractivity contribution in [3.63, 3.8) is 0 Å². The molecule has 1 unspecified atom stereocenters. The Morgan fingerprint density at radius 1 is 1.02 bits per heavy atom. The van der Waals surface area contributed by atoms with Crippen molar-refractivity contribution in [3.8, 4) is 11.3 Å². The summed E-state index contributed by atoms with van der Waals surface area (Å²) in [5.74, 6) is -0.183. The number of fused-ring (bicyclic) bond motifs is 1. The van der Waals surface area contributed by atoms with Gasteiger partial charge in [0.15, 0.2) is 11.9 Å². The minimum Gasteiger partial charge on any atom is -0.385 e. The number of alkyl halides is 1. The SMILES string of the molecule is C=CCCC(C(=O)NC)N(C=O)c1cccc(CCCCCCCCNC=O)c1N(C)C.CN[C@@H]1C[C@@H]1F.CNc1cc(-c2cccc(C)c2)nn2c(C=O)cnc12. The first kappa shape index (κ1) is 46.8. The molecule has 0 bridgehead atoms. The van der Waals surface area contributed by atoms with E-state index >= 15 is 0 Å². The second-order valence-electron chi connectivity index (χ2n) is 14.4. The van der Waals surface area contributed by atoms with Crippen LogP contribution in [0, 0.1) is 6.92 Å². The van der Waals surface area contributed by atoms with Gasteiger partial charge in [0.05, 0.1) is 29.0 Å². The van der Waals surface area contributed by atoms with E-state index in [0.717, 1.165) is 104 Å². The summed E-state index contributed by atoms with van der Waals surface area (Å²) in [5, 5.41) is 15.8. The molecular formula is C44H62FN9O4. The van der Waals surface area contributed by atoms with E-state index in [2.05, 4.69) is 50.1 Å². The van der Waals surface area contributed by atoms with Gasteiger partial charge in [-0.15, -0.1) is 6.58 Å². The Hall–Kier alpha value is -5.63. The summed E-state index contributed by atoms with van der Waals surface area (Å²) in [6.45, 7) is 6.53. The van der Waals surface area contributed by atoms with Crippen LogP contribution < -0.4 is 31.1 Å². The summed E-state index contributed by atoms with van der Waals surface area (Å²) >= 11 is 0. The minimum absolute atomic E-state index is 0.183. The van der Waals surface area contributed by atoms with Gasteiger partial charge in [-0.2, -0.15) is 5.10 Å². The number of carbonyl (C=O) groups excluding carboxylic acids is 4. The number of likely N-dealkylation sites (N-methyl/N-ethyl adjacent to an activating group) is 1. The standard InChI is InChI=1S/C25H40N4O3.C15H14N4O.C4H8FN/c1-5-6-16-23(25(32)26-2)29(20-31)22-17-13-15-21(24(22)28(3)4)14-11-9-7-8-10-12-18-27-19-30;1-10-4-3-5-11(6-10)13-7-14(16-2)15-17-8-12(9-20)19(15)18-13;1-6-4-2-3(4)5/h5,13,15,17,19-20,23H,1,6-12,14,16,18H2,2-4H3,(H,26,32)(H,27,30);3-9,16H,1-2H3;3-4,6H,2H2,1H3/t;;3-,4+/m..0/s1. The maximum absolute atomic E-state index is 12.5. The van der Waals surface area contributed by atoms with Crippen LogP contribution in [0.25, 0.3) is 16.9 Å². The molecule has 0 radical (unpaired) electrons. The third-order valence-corrected chi connectivity index (χ3v) is 9.85. The quantitative estimate of drug-likeness (QED) is 0.0408. The molecule has 1 saturated carbocycles. The summed E-state index contributed by atoms with van der Waals surface area (Å²) in [6, 6.07) is 15.6. The molecule has 1 aliphatic rings. The summed E-state index contributed by atoms with van der Waals surface area (Å²) in [7, 11) is 9.14. The van der Waals surface area contributed by atoms with Gasteiger partial charge in [-0.1, -0.05) is 67.7 Å². The largest absolute Gasteiger partial charge is 0.385 e. The third-order valence-electron chi connectivity index (χ3n) is 9.85. The normalized spacial score (nSPS) is 14.4. The van der Waals surface area contributed by atoms with Gasteiger partial charge in [0.2, 0.25) is 18.7 Å². The highest BCUT2D eigenvalue weighted by atomic mass is 19.1. The number of nitrogens with one attached hydrogen (secondary N) is 4. The molecule has 0 spiro atoms. The lowest BCUT2D eigenvalue weighted by atomic mass is 10.0. The number of allylic oxidation sites excluding steroid dienone is 1. The van der Waals surface area contributed by atoms with Gasteiger partial charge in [-0.3, -0.25) is 19.2 Å². The summed E-state index contributed by atoms with van der Waals surface area (Å²) in [6.07, 6.45) is 14.5. The predicted molar refractivity (Wildman–Crippen MR) is 233 cm³/mol. The number of benzene rings is 2. The average molecular weight is 800 g/mol. The van der Waals surface area contributed by atoms with Crippen molar-refractivity contribution in [2.45, 2.75) is 89.4 Å². The molecule has 2 heterocycles. The molecule has 0 saturated heterocycles. The van der Waals surface area contributed by atoms with Crippen molar-refractivity contribution in [3.05, 3.63) is 84.2 Å². The van der Waals surface area contributed by atoms with E-state index in [4.69, 9.17) is 0 Å². The summed E-state index contributed by atoms with van der Waals surface area (Å²) in [5.41, 5.74) is 7.79. The molecule has 13 nitrogen and oxygen atoms in total. The molecule has 3 amide bonds. The van der Waals surface area contributed by atoms with Gasteiger partial charge in [-0.05, 0) is 76.3 Å². The van der Waals surface area contributed by atoms with Crippen molar-refractivity contribution >= 4 is 47.7 Å². The first-order valence-corrected chi connectivity index (χ1v) is 20.0. The Morgan fingerprint density at radius 2 is 1.72 bits per heavy atom. The summed E-state index contributed by atoms with van der Waals surface area (Å²) < 4.78 is 13.3. The van der Waals surface area contributed by atoms with Crippen LogP contribution in [0.2, 0.25) is 0 Å². The smallest absolute Gasteiger partial charge is 0.242 e. The number of carbonyl (C=O) groups is 4. The van der Waals surface area contributed by atoms with Gasteiger partial charge in [0.1, 0.15) is 17.9 Å². The Bertz CT molecular complexity index is 1920. The van der Waals surface area contributed by atoms with Crippen molar-refractivity contribution in [1.82, 2.24) is 30.5 Å². The molecule has 314 valence electrons. The van der Waals surface area contributed by atoms with Crippen LogP contribution in [0.4, 0.5) is 21.5 Å². The molecule has 3 atom stereocenters. The lowest BCUT2D eigenvalue weighted by Gasteiger charge is -2.31. The number of aryl methyl sites for hydroxylation is 2. The van der Waals surface area contributed by atoms with E-state index < -0.39 is 12.2 Å². The number of amides is 3. The fraction of sp³-hybridized carbons (Fsp3) is 0.455. The topological polar surface area (TPSA) is 153 Å².